The van der Waals surface area contributed by atoms with Crippen LogP contribution in [0.1, 0.15) is 24.0 Å². The molecule has 8 heteroatoms. The van der Waals surface area contributed by atoms with Crippen molar-refractivity contribution >= 4 is 35.8 Å². The maximum absolute atomic E-state index is 6.01. The maximum Gasteiger partial charge on any atom is 0.194 e. The fraction of sp³-hybridized carbons (Fsp3) is 0.500. The Bertz CT molecular complexity index is 820. The second-order valence-electron chi connectivity index (χ2n) is 8.00. The number of guanidine groups is 1. The molecule has 0 saturated carbocycles. The number of benzene rings is 1. The van der Waals surface area contributed by atoms with Gasteiger partial charge in [0.1, 0.15) is 5.82 Å². The minimum atomic E-state index is 0. The first-order chi connectivity index (χ1) is 15.3. The summed E-state index contributed by atoms with van der Waals surface area (Å²) in [6, 6.07) is 14.7. The van der Waals surface area contributed by atoms with Crippen LogP contribution in [0.15, 0.2) is 53.7 Å². The molecule has 174 valence electrons. The van der Waals surface area contributed by atoms with Gasteiger partial charge in [0.2, 0.25) is 0 Å². The summed E-state index contributed by atoms with van der Waals surface area (Å²) < 4.78 is 11.4. The minimum Gasteiger partial charge on any atom is -0.381 e. The molecule has 0 aliphatic carbocycles. The molecule has 2 aliphatic heterocycles. The lowest BCUT2D eigenvalue weighted by atomic mass is 10.1. The second kappa shape index (κ2) is 13.0. The van der Waals surface area contributed by atoms with Crippen LogP contribution in [0.3, 0.4) is 0 Å². The van der Waals surface area contributed by atoms with Gasteiger partial charge in [-0.3, -0.25) is 4.99 Å². The number of ether oxygens (including phenoxy) is 2. The summed E-state index contributed by atoms with van der Waals surface area (Å²) in [5.74, 6) is 2.00. The molecule has 7 nitrogen and oxygen atoms in total. The van der Waals surface area contributed by atoms with Crippen LogP contribution < -0.4 is 10.2 Å². The van der Waals surface area contributed by atoms with Crippen molar-refractivity contribution in [3.63, 3.8) is 0 Å². The predicted molar refractivity (Wildman–Crippen MR) is 139 cm³/mol. The molecule has 2 aliphatic rings. The van der Waals surface area contributed by atoms with Crippen molar-refractivity contribution in [2.24, 2.45) is 4.99 Å². The minimum absolute atomic E-state index is 0. The highest BCUT2D eigenvalue weighted by atomic mass is 127. The molecule has 3 heterocycles. The fourth-order valence-electron chi connectivity index (χ4n) is 4.01. The van der Waals surface area contributed by atoms with E-state index in [1.54, 1.807) is 0 Å². The van der Waals surface area contributed by atoms with Crippen LogP contribution in [0.2, 0.25) is 0 Å². The largest absolute Gasteiger partial charge is 0.381 e. The molecule has 1 N–H and O–H groups in total. The van der Waals surface area contributed by atoms with Gasteiger partial charge in [-0.1, -0.05) is 30.3 Å². The van der Waals surface area contributed by atoms with E-state index in [0.29, 0.717) is 12.7 Å². The van der Waals surface area contributed by atoms with Gasteiger partial charge in [0.05, 0.1) is 12.7 Å². The Kier molecular flexibility index (Phi) is 10.0. The van der Waals surface area contributed by atoms with Crippen LogP contribution in [-0.4, -0.2) is 68.4 Å². The molecule has 4 rings (SSSR count). The zero-order valence-corrected chi connectivity index (χ0v) is 21.1. The van der Waals surface area contributed by atoms with Gasteiger partial charge >= 0.3 is 0 Å². The van der Waals surface area contributed by atoms with Crippen LogP contribution in [0.4, 0.5) is 5.82 Å². The Hall–Kier alpha value is -1.91. The van der Waals surface area contributed by atoms with Gasteiger partial charge in [-0.05, 0) is 36.1 Å². The second-order valence-corrected chi connectivity index (χ2v) is 8.00. The molecule has 0 amide bonds. The van der Waals surface area contributed by atoms with Gasteiger partial charge in [0.15, 0.2) is 5.96 Å². The summed E-state index contributed by atoms with van der Waals surface area (Å²) in [5, 5.41) is 3.51. The number of aromatic nitrogens is 1. The first-order valence-corrected chi connectivity index (χ1v) is 11.2. The number of hydrogen-bond donors (Lipinski definition) is 1. The molecule has 0 atom stereocenters. The van der Waals surface area contributed by atoms with E-state index in [9.17, 15) is 0 Å². The third-order valence-electron chi connectivity index (χ3n) is 5.89. The molecule has 2 fully saturated rings. The summed E-state index contributed by atoms with van der Waals surface area (Å²) >= 11 is 0. The third kappa shape index (κ3) is 7.05. The molecule has 2 aromatic rings. The zero-order valence-electron chi connectivity index (χ0n) is 18.8. The monoisotopic (exact) mass is 551 g/mol. The molecule has 0 spiro atoms. The van der Waals surface area contributed by atoms with Crippen molar-refractivity contribution in [2.45, 2.75) is 32.1 Å². The number of anilines is 1. The number of pyridine rings is 1. The van der Waals surface area contributed by atoms with Crippen molar-refractivity contribution < 1.29 is 9.47 Å². The number of nitrogens with one attached hydrogen (secondary N) is 1. The Labute approximate surface area is 208 Å². The average Bonchev–Trinajstić information content (AvgIpc) is 2.85. The van der Waals surface area contributed by atoms with Crippen molar-refractivity contribution in [3.8, 4) is 0 Å². The van der Waals surface area contributed by atoms with Crippen molar-refractivity contribution in [3.05, 3.63) is 59.8 Å². The molecule has 0 bridgehead atoms. The summed E-state index contributed by atoms with van der Waals surface area (Å²) in [4.78, 5) is 13.6. The summed E-state index contributed by atoms with van der Waals surface area (Å²) in [6.07, 6.45) is 4.18. The van der Waals surface area contributed by atoms with E-state index in [4.69, 9.17) is 9.47 Å². The molecule has 1 aromatic heterocycles. The first-order valence-electron chi connectivity index (χ1n) is 11.2. The topological polar surface area (TPSA) is 62.2 Å². The molecule has 0 radical (unpaired) electrons. The van der Waals surface area contributed by atoms with Crippen LogP contribution in [0.5, 0.6) is 0 Å². The number of nitrogens with zero attached hydrogens (tertiary/aromatic N) is 4. The van der Waals surface area contributed by atoms with Crippen LogP contribution in [-0.2, 0) is 22.6 Å². The summed E-state index contributed by atoms with van der Waals surface area (Å²) in [7, 11) is 1.85. The highest BCUT2D eigenvalue weighted by molar-refractivity contribution is 14.0. The quantitative estimate of drug-likeness (QED) is 0.338. The Morgan fingerprint density at radius 3 is 2.44 bits per heavy atom. The lowest BCUT2D eigenvalue weighted by molar-refractivity contribution is -0.0390. The van der Waals surface area contributed by atoms with E-state index in [2.05, 4.69) is 55.4 Å². The molecule has 2 saturated heterocycles. The number of hydrogen-bond acceptors (Lipinski definition) is 5. The smallest absolute Gasteiger partial charge is 0.194 e. The lowest BCUT2D eigenvalue weighted by Crippen LogP contribution is -2.52. The normalized spacial score (nSPS) is 17.7. The zero-order chi connectivity index (χ0) is 21.3. The van der Waals surface area contributed by atoms with Gasteiger partial charge in [0, 0.05) is 59.2 Å². The van der Waals surface area contributed by atoms with E-state index in [1.807, 2.05) is 25.4 Å². The molecule has 0 unspecified atom stereocenters. The molecular formula is C24H34IN5O2. The van der Waals surface area contributed by atoms with Crippen LogP contribution in [0.25, 0.3) is 0 Å². The predicted octanol–water partition coefficient (Wildman–Crippen LogP) is 3.29. The van der Waals surface area contributed by atoms with Crippen molar-refractivity contribution in [2.75, 3.05) is 51.3 Å². The highest BCUT2D eigenvalue weighted by Crippen LogP contribution is 2.15. The fourth-order valence-corrected chi connectivity index (χ4v) is 4.01. The summed E-state index contributed by atoms with van der Waals surface area (Å²) in [6.45, 7) is 6.80. The maximum atomic E-state index is 6.01. The average molecular weight is 551 g/mol. The van der Waals surface area contributed by atoms with E-state index in [0.717, 1.165) is 70.6 Å². The van der Waals surface area contributed by atoms with E-state index < -0.39 is 0 Å². The van der Waals surface area contributed by atoms with E-state index in [-0.39, 0.29) is 24.0 Å². The Morgan fingerprint density at radius 2 is 1.78 bits per heavy atom. The standard InChI is InChI=1S/C24H33N5O2.HI/c1-25-24(29-14-12-28(13-15-29)23-4-2-3-11-26-23)27-18-20-5-7-21(8-6-20)19-31-22-9-16-30-17-10-22;/h2-8,11,22H,9-10,12-19H2,1H3,(H,25,27);1H. The van der Waals surface area contributed by atoms with Gasteiger partial charge in [0.25, 0.3) is 0 Å². The molecule has 32 heavy (non-hydrogen) atoms. The van der Waals surface area contributed by atoms with Gasteiger partial charge < -0.3 is 24.6 Å². The Balaban J connectivity index is 0.00000289. The molecule has 1 aromatic carbocycles. The van der Waals surface area contributed by atoms with E-state index in [1.165, 1.54) is 11.1 Å². The van der Waals surface area contributed by atoms with Gasteiger partial charge in [-0.25, -0.2) is 4.98 Å². The van der Waals surface area contributed by atoms with Gasteiger partial charge in [-0.15, -0.1) is 24.0 Å². The molecular weight excluding hydrogens is 517 g/mol. The van der Waals surface area contributed by atoms with Crippen molar-refractivity contribution in [1.82, 2.24) is 15.2 Å². The number of halogens is 1. The lowest BCUT2D eigenvalue weighted by Gasteiger charge is -2.37. The number of piperazine rings is 1. The highest BCUT2D eigenvalue weighted by Gasteiger charge is 2.20. The van der Waals surface area contributed by atoms with Crippen LogP contribution >= 0.6 is 24.0 Å². The third-order valence-corrected chi connectivity index (χ3v) is 5.89. The van der Waals surface area contributed by atoms with Gasteiger partial charge in [-0.2, -0.15) is 0 Å². The van der Waals surface area contributed by atoms with E-state index >= 15 is 0 Å². The first kappa shape index (κ1) is 24.7. The number of rotatable bonds is 6. The van der Waals surface area contributed by atoms with Crippen LogP contribution in [0, 0.1) is 0 Å². The Morgan fingerprint density at radius 1 is 1.06 bits per heavy atom. The summed E-state index contributed by atoms with van der Waals surface area (Å²) in [5.41, 5.74) is 2.45. The number of aliphatic imine (C=N–C) groups is 1. The van der Waals surface area contributed by atoms with Crippen molar-refractivity contribution in [1.29, 1.82) is 0 Å². The SMILES string of the molecule is CN=C(NCc1ccc(COC2CCOCC2)cc1)N1CCN(c2ccccn2)CC1.I.